The molecule has 1 spiro atoms. The highest BCUT2D eigenvalue weighted by atomic mass is 16.7. The molecular formula is C29H35NO8. The molecule has 3 fully saturated rings. The lowest BCUT2D eigenvalue weighted by Crippen LogP contribution is -2.61. The third-order valence-electron chi connectivity index (χ3n) is 8.96. The number of aliphatic hydroxyl groups is 1. The van der Waals surface area contributed by atoms with E-state index in [9.17, 15) is 19.5 Å². The van der Waals surface area contributed by atoms with Crippen molar-refractivity contribution in [3.8, 4) is 5.75 Å². The van der Waals surface area contributed by atoms with Crippen molar-refractivity contribution in [2.75, 3.05) is 7.11 Å². The monoisotopic (exact) mass is 525 g/mol. The van der Waals surface area contributed by atoms with E-state index in [0.717, 1.165) is 23.7 Å². The van der Waals surface area contributed by atoms with Gasteiger partial charge in [0.05, 0.1) is 31.0 Å². The predicted octanol–water partition coefficient (Wildman–Crippen LogP) is 3.10. The van der Waals surface area contributed by atoms with Gasteiger partial charge in [-0.1, -0.05) is 38.1 Å². The van der Waals surface area contributed by atoms with Crippen molar-refractivity contribution >= 4 is 17.8 Å². The summed E-state index contributed by atoms with van der Waals surface area (Å²) in [5, 5.41) is 13.7. The molecule has 9 nitrogen and oxygen atoms in total. The van der Waals surface area contributed by atoms with E-state index < -0.39 is 52.4 Å². The van der Waals surface area contributed by atoms with Gasteiger partial charge in [-0.3, -0.25) is 9.59 Å². The van der Waals surface area contributed by atoms with E-state index in [4.69, 9.17) is 18.9 Å². The zero-order chi connectivity index (χ0) is 27.5. The number of ketones is 1. The van der Waals surface area contributed by atoms with E-state index in [1.807, 2.05) is 50.3 Å². The van der Waals surface area contributed by atoms with Gasteiger partial charge in [-0.25, -0.2) is 4.79 Å². The maximum atomic E-state index is 13.9. The average molecular weight is 526 g/mol. The Hall–Kier alpha value is -3.17. The number of cyclic esters (lactones) is 1. The van der Waals surface area contributed by atoms with Gasteiger partial charge in [0.2, 0.25) is 5.60 Å². The van der Waals surface area contributed by atoms with Crippen LogP contribution < -0.4 is 10.1 Å². The van der Waals surface area contributed by atoms with Gasteiger partial charge in [-0.15, -0.1) is 0 Å². The fourth-order valence-electron chi connectivity index (χ4n) is 6.65. The summed E-state index contributed by atoms with van der Waals surface area (Å²) in [6.07, 6.45) is 5.15. The second-order valence-corrected chi connectivity index (χ2v) is 11.3. The minimum atomic E-state index is -1.82. The van der Waals surface area contributed by atoms with Gasteiger partial charge < -0.3 is 29.4 Å². The van der Waals surface area contributed by atoms with E-state index in [2.05, 4.69) is 5.32 Å². The first-order valence-electron chi connectivity index (χ1n) is 13.1. The number of epoxide rings is 1. The van der Waals surface area contributed by atoms with Crippen molar-refractivity contribution in [3.05, 3.63) is 54.3 Å². The van der Waals surface area contributed by atoms with Crippen molar-refractivity contribution in [1.82, 2.24) is 5.32 Å². The van der Waals surface area contributed by atoms with Crippen LogP contribution in [0.15, 0.2) is 48.8 Å². The minimum absolute atomic E-state index is 0.125. The van der Waals surface area contributed by atoms with E-state index >= 15 is 0 Å². The van der Waals surface area contributed by atoms with Gasteiger partial charge in [0, 0.05) is 17.9 Å². The van der Waals surface area contributed by atoms with Crippen molar-refractivity contribution in [2.24, 2.45) is 23.7 Å². The molecule has 4 aliphatic rings. The van der Waals surface area contributed by atoms with Gasteiger partial charge in [0.25, 0.3) is 5.91 Å². The molecule has 3 heterocycles. The second-order valence-electron chi connectivity index (χ2n) is 11.3. The summed E-state index contributed by atoms with van der Waals surface area (Å²) < 4.78 is 22.6. The van der Waals surface area contributed by atoms with Crippen LogP contribution in [0.5, 0.6) is 5.75 Å². The Morgan fingerprint density at radius 3 is 2.53 bits per heavy atom. The quantitative estimate of drug-likeness (QED) is 0.351. The summed E-state index contributed by atoms with van der Waals surface area (Å²) in [7, 11) is 1.61. The first kappa shape index (κ1) is 26.4. The standard InChI is InChI=1S/C29H35NO8/c1-16-7-6-8-20-24-28(4,37-24)17(2)22-21(15-18-9-11-19(35-5)12-10-18)30-25(32)29(20,22)38-26(33)36-14-13-27(3,34)23(16)31/h6,8-14,16-17,20-22,24,34H,7,15H2,1-5H3,(H,30,32). The molecule has 0 radical (unpaired) electrons. The maximum absolute atomic E-state index is 13.9. The molecule has 1 amide bonds. The van der Waals surface area contributed by atoms with Crippen molar-refractivity contribution in [2.45, 2.75) is 69.5 Å². The molecule has 1 saturated carbocycles. The number of Topliss-reactive ketones (excluding diaryl/α,β-unsaturated/α-hetero) is 1. The average Bonchev–Trinajstić information content (AvgIpc) is 3.49. The van der Waals surface area contributed by atoms with Gasteiger partial charge in [0.15, 0.2) is 5.78 Å². The highest BCUT2D eigenvalue weighted by molar-refractivity contribution is 5.92. The second kappa shape index (κ2) is 9.24. The van der Waals surface area contributed by atoms with Crippen LogP contribution in [0.4, 0.5) is 4.79 Å². The normalized spacial score (nSPS) is 42.2. The highest BCUT2D eigenvalue weighted by Crippen LogP contribution is 2.63. The molecule has 9 unspecified atom stereocenters. The molecule has 9 heteroatoms. The van der Waals surface area contributed by atoms with Crippen LogP contribution in [0.25, 0.3) is 0 Å². The van der Waals surface area contributed by atoms with Crippen LogP contribution in [0.3, 0.4) is 0 Å². The summed E-state index contributed by atoms with van der Waals surface area (Å²) in [4.78, 5) is 39.7. The maximum Gasteiger partial charge on any atom is 0.514 e. The van der Waals surface area contributed by atoms with E-state index in [1.165, 1.54) is 6.92 Å². The molecule has 2 N–H and O–H groups in total. The third-order valence-corrected chi connectivity index (χ3v) is 8.96. The fraction of sp³-hybridized carbons (Fsp3) is 0.552. The van der Waals surface area contributed by atoms with Crippen LogP contribution in [0.1, 0.15) is 39.7 Å². The number of nitrogens with one attached hydrogen (secondary N) is 1. The number of fused-ring (bicyclic) bond motifs is 2. The molecule has 38 heavy (non-hydrogen) atoms. The minimum Gasteiger partial charge on any atom is -0.497 e. The first-order chi connectivity index (χ1) is 17.9. The number of benzene rings is 1. The van der Waals surface area contributed by atoms with Crippen LogP contribution in [0, 0.1) is 23.7 Å². The summed E-state index contributed by atoms with van der Waals surface area (Å²) >= 11 is 0. The number of rotatable bonds is 3. The Balaban J connectivity index is 1.55. The highest BCUT2D eigenvalue weighted by Gasteiger charge is 2.78. The molecule has 2 saturated heterocycles. The Bertz CT molecular complexity index is 1190. The largest absolute Gasteiger partial charge is 0.514 e. The molecule has 3 aliphatic heterocycles. The van der Waals surface area contributed by atoms with Crippen LogP contribution in [0.2, 0.25) is 0 Å². The number of carbonyl (C=O) groups excluding carboxylic acids is 3. The number of hydrogen-bond acceptors (Lipinski definition) is 8. The van der Waals surface area contributed by atoms with Gasteiger partial charge in [0.1, 0.15) is 11.4 Å². The predicted molar refractivity (Wildman–Crippen MR) is 136 cm³/mol. The van der Waals surface area contributed by atoms with Gasteiger partial charge in [-0.05, 0) is 56.4 Å². The number of ether oxygens (including phenoxy) is 4. The SMILES string of the molecule is COc1ccc(CC2NC(=O)C34OC(=O)OC=CC(C)(O)C(=O)C(C)CC=CC3C3OC3(C)C(C)C24)cc1. The lowest BCUT2D eigenvalue weighted by molar-refractivity contribution is -0.153. The number of methoxy groups -OCH3 is 1. The van der Waals surface area contributed by atoms with Gasteiger partial charge in [-0.2, -0.15) is 0 Å². The van der Waals surface area contributed by atoms with E-state index in [1.54, 1.807) is 14.0 Å². The molecule has 1 aromatic carbocycles. The number of allylic oxidation sites excluding steroid dienone is 1. The molecule has 5 rings (SSSR count). The van der Waals surface area contributed by atoms with Crippen molar-refractivity contribution in [1.29, 1.82) is 0 Å². The molecular weight excluding hydrogens is 490 g/mol. The topological polar surface area (TPSA) is 124 Å². The Morgan fingerprint density at radius 2 is 1.84 bits per heavy atom. The molecule has 9 atom stereocenters. The van der Waals surface area contributed by atoms with Crippen molar-refractivity contribution in [3.63, 3.8) is 0 Å². The first-order valence-corrected chi connectivity index (χ1v) is 13.1. The number of hydrogen-bond donors (Lipinski definition) is 2. The van der Waals surface area contributed by atoms with Crippen molar-refractivity contribution < 1.29 is 38.4 Å². The molecule has 1 aliphatic carbocycles. The van der Waals surface area contributed by atoms with E-state index in [0.29, 0.717) is 12.8 Å². The van der Waals surface area contributed by atoms with E-state index in [-0.39, 0.29) is 18.1 Å². The Labute approximate surface area is 222 Å². The number of amides is 1. The lowest BCUT2D eigenvalue weighted by atomic mass is 9.59. The molecule has 1 aromatic rings. The van der Waals surface area contributed by atoms with Crippen LogP contribution >= 0.6 is 0 Å². The zero-order valence-corrected chi connectivity index (χ0v) is 22.3. The summed E-state index contributed by atoms with van der Waals surface area (Å²) in [6, 6.07) is 7.32. The third kappa shape index (κ3) is 4.12. The summed E-state index contributed by atoms with van der Waals surface area (Å²) in [5.41, 5.74) is -2.89. The lowest BCUT2D eigenvalue weighted by Gasteiger charge is -2.45. The molecule has 204 valence electrons. The Morgan fingerprint density at radius 1 is 1.13 bits per heavy atom. The fourth-order valence-corrected chi connectivity index (χ4v) is 6.65. The number of carbonyl (C=O) groups is 3. The smallest absolute Gasteiger partial charge is 0.497 e. The summed E-state index contributed by atoms with van der Waals surface area (Å²) in [5.74, 6) is -1.71. The molecule has 0 bridgehead atoms. The van der Waals surface area contributed by atoms with Crippen LogP contribution in [-0.4, -0.2) is 59.0 Å². The van der Waals surface area contributed by atoms with Gasteiger partial charge >= 0.3 is 6.16 Å². The summed E-state index contributed by atoms with van der Waals surface area (Å²) in [6.45, 7) is 7.12. The molecule has 0 aromatic heterocycles. The zero-order valence-electron chi connectivity index (χ0n) is 22.3. The van der Waals surface area contributed by atoms with Crippen LogP contribution in [-0.2, 0) is 30.2 Å². The Kier molecular flexibility index (Phi) is 6.43.